The van der Waals surface area contributed by atoms with E-state index in [2.05, 4.69) is 13.8 Å². The summed E-state index contributed by atoms with van der Waals surface area (Å²) in [5, 5.41) is 11.0. The first kappa shape index (κ1) is 27.3. The molecule has 0 unspecified atom stereocenters. The monoisotopic (exact) mass is 489 g/mol. The number of aliphatic hydroxyl groups excluding tert-OH is 1. The van der Waals surface area contributed by atoms with Gasteiger partial charge in [0, 0.05) is 6.54 Å². The average Bonchev–Trinajstić information content (AvgIpc) is 2.91. The maximum absolute atomic E-state index is 12.9. The second-order valence-corrected chi connectivity index (χ2v) is 9.63. The Bertz CT molecular complexity index is 1020. The van der Waals surface area contributed by atoms with E-state index in [9.17, 15) is 9.90 Å². The molecule has 1 N–H and O–H groups in total. The van der Waals surface area contributed by atoms with E-state index in [1.54, 1.807) is 4.90 Å². The van der Waals surface area contributed by atoms with Gasteiger partial charge >= 0.3 is 6.09 Å². The fourth-order valence-corrected chi connectivity index (χ4v) is 3.92. The van der Waals surface area contributed by atoms with E-state index >= 15 is 0 Å². The molecule has 0 aliphatic heterocycles. The van der Waals surface area contributed by atoms with Gasteiger partial charge in [-0.3, -0.25) is 0 Å². The lowest BCUT2D eigenvalue weighted by molar-refractivity contribution is 0.0448. The van der Waals surface area contributed by atoms with E-state index in [4.69, 9.17) is 9.47 Å². The van der Waals surface area contributed by atoms with Crippen LogP contribution in [0.3, 0.4) is 0 Å². The van der Waals surface area contributed by atoms with E-state index in [0.29, 0.717) is 25.5 Å². The number of nitrogens with zero attached hydrogens (tertiary/aromatic N) is 1. The maximum atomic E-state index is 12.9. The van der Waals surface area contributed by atoms with E-state index in [-0.39, 0.29) is 25.2 Å². The van der Waals surface area contributed by atoms with Gasteiger partial charge in [0.15, 0.2) is 0 Å². The van der Waals surface area contributed by atoms with Crippen LogP contribution in [0, 0.1) is 11.8 Å². The molecular formula is C31H39NO4. The lowest BCUT2D eigenvalue weighted by atomic mass is 9.95. The summed E-state index contributed by atoms with van der Waals surface area (Å²) >= 11 is 0. The number of carbonyl (C=O) groups is 1. The van der Waals surface area contributed by atoms with Crippen molar-refractivity contribution < 1.29 is 19.4 Å². The van der Waals surface area contributed by atoms with Crippen LogP contribution in [0.1, 0.15) is 43.9 Å². The van der Waals surface area contributed by atoms with E-state index in [1.807, 2.05) is 91.9 Å². The lowest BCUT2D eigenvalue weighted by Gasteiger charge is -2.29. The number of carbonyl (C=O) groups excluding carboxylic acids is 1. The molecule has 1 amide bonds. The normalized spacial score (nSPS) is 13.4. The van der Waals surface area contributed by atoms with Gasteiger partial charge in [0.2, 0.25) is 0 Å². The van der Waals surface area contributed by atoms with Crippen LogP contribution in [0.4, 0.5) is 4.79 Å². The van der Waals surface area contributed by atoms with Gasteiger partial charge in [-0.15, -0.1) is 0 Å². The van der Waals surface area contributed by atoms with E-state index < -0.39 is 6.10 Å². The maximum Gasteiger partial charge on any atom is 0.410 e. The number of aliphatic hydroxyl groups is 1. The second kappa shape index (κ2) is 14.3. The van der Waals surface area contributed by atoms with Crippen molar-refractivity contribution in [3.05, 3.63) is 102 Å². The summed E-state index contributed by atoms with van der Waals surface area (Å²) in [6.07, 6.45) is 0.612. The smallest absolute Gasteiger partial charge is 0.410 e. The van der Waals surface area contributed by atoms with Crippen LogP contribution in [0.25, 0.3) is 0 Å². The zero-order chi connectivity index (χ0) is 25.8. The molecule has 0 radical (unpaired) electrons. The van der Waals surface area contributed by atoms with Crippen molar-refractivity contribution in [2.75, 3.05) is 13.1 Å². The van der Waals surface area contributed by atoms with Gasteiger partial charge < -0.3 is 19.5 Å². The lowest BCUT2D eigenvalue weighted by Crippen LogP contribution is -2.42. The summed E-state index contributed by atoms with van der Waals surface area (Å²) in [7, 11) is 0. The Balaban J connectivity index is 1.52. The molecule has 3 atom stereocenters. The molecule has 5 heteroatoms. The number of hydrogen-bond donors (Lipinski definition) is 1. The van der Waals surface area contributed by atoms with Crippen molar-refractivity contribution in [2.24, 2.45) is 11.8 Å². The van der Waals surface area contributed by atoms with Crippen molar-refractivity contribution in [1.82, 2.24) is 4.90 Å². The molecule has 5 nitrogen and oxygen atoms in total. The molecule has 0 saturated heterocycles. The van der Waals surface area contributed by atoms with Gasteiger partial charge in [0.05, 0.1) is 12.6 Å². The Hall–Kier alpha value is -3.31. The first-order valence-electron chi connectivity index (χ1n) is 12.8. The molecule has 3 rings (SSSR count). The summed E-state index contributed by atoms with van der Waals surface area (Å²) in [5.41, 5.74) is 3.19. The van der Waals surface area contributed by atoms with E-state index in [1.165, 1.54) is 0 Å². The minimum absolute atomic E-state index is 0.0255. The minimum atomic E-state index is -0.660. The van der Waals surface area contributed by atoms with Crippen LogP contribution >= 0.6 is 0 Å². The van der Waals surface area contributed by atoms with Gasteiger partial charge in [-0.05, 0) is 47.1 Å². The number of ether oxygens (including phenoxy) is 2. The van der Waals surface area contributed by atoms with Crippen LogP contribution in [0.2, 0.25) is 0 Å². The highest BCUT2D eigenvalue weighted by Gasteiger charge is 2.24. The molecule has 0 aliphatic carbocycles. The minimum Gasteiger partial charge on any atom is -0.489 e. The fourth-order valence-electron chi connectivity index (χ4n) is 3.92. The van der Waals surface area contributed by atoms with Crippen molar-refractivity contribution in [3.8, 4) is 5.75 Å². The SMILES string of the molecule is CC[C@H](C)CN(C[C@@H](O)[C@@H](C)Cc1ccc(OCc2ccccc2)cc1)C(=O)OCc1ccccc1. The fraction of sp³-hybridized carbons (Fsp3) is 0.387. The molecule has 0 fully saturated rings. The largest absolute Gasteiger partial charge is 0.489 e. The Morgan fingerprint density at radius 3 is 1.97 bits per heavy atom. The molecule has 3 aromatic rings. The molecule has 192 valence electrons. The molecule has 0 bridgehead atoms. The third kappa shape index (κ3) is 9.04. The molecular weight excluding hydrogens is 450 g/mol. The zero-order valence-electron chi connectivity index (χ0n) is 21.7. The van der Waals surface area contributed by atoms with Crippen LogP contribution in [-0.4, -0.2) is 35.3 Å². The molecule has 0 aliphatic rings. The standard InChI is InChI=1S/C31H39NO4/c1-4-24(2)20-32(31(34)36-23-28-13-9-6-10-14-28)21-30(33)25(3)19-26-15-17-29(18-16-26)35-22-27-11-7-5-8-12-27/h5-18,24-25,30,33H,4,19-23H2,1-3H3/t24-,25-,30+/m0/s1. The summed E-state index contributed by atoms with van der Waals surface area (Å²) in [6.45, 7) is 7.78. The molecule has 0 heterocycles. The third-order valence-electron chi connectivity index (χ3n) is 6.49. The first-order valence-corrected chi connectivity index (χ1v) is 12.8. The van der Waals surface area contributed by atoms with Crippen molar-refractivity contribution >= 4 is 6.09 Å². The Morgan fingerprint density at radius 1 is 0.806 bits per heavy atom. The van der Waals surface area contributed by atoms with Gasteiger partial charge in [-0.25, -0.2) is 4.79 Å². The topological polar surface area (TPSA) is 59.0 Å². The van der Waals surface area contributed by atoms with Gasteiger partial charge in [0.25, 0.3) is 0 Å². The summed E-state index contributed by atoms with van der Waals surface area (Å²) in [4.78, 5) is 14.5. The quantitative estimate of drug-likeness (QED) is 0.298. The van der Waals surface area contributed by atoms with Crippen LogP contribution in [0.5, 0.6) is 5.75 Å². The molecule has 0 spiro atoms. The average molecular weight is 490 g/mol. The summed E-state index contributed by atoms with van der Waals surface area (Å²) in [5.74, 6) is 1.11. The molecule has 0 aromatic heterocycles. The van der Waals surface area contributed by atoms with Crippen molar-refractivity contribution in [2.45, 2.75) is 52.9 Å². The highest BCUT2D eigenvalue weighted by Crippen LogP contribution is 2.19. The van der Waals surface area contributed by atoms with Crippen LogP contribution in [-0.2, 0) is 24.4 Å². The number of rotatable bonds is 13. The number of amides is 1. The van der Waals surface area contributed by atoms with Gasteiger partial charge in [-0.1, -0.05) is 100.0 Å². The highest BCUT2D eigenvalue weighted by atomic mass is 16.6. The first-order chi connectivity index (χ1) is 17.4. The molecule has 0 saturated carbocycles. The molecule has 3 aromatic carbocycles. The Labute approximate surface area is 215 Å². The van der Waals surface area contributed by atoms with Gasteiger partial charge in [0.1, 0.15) is 19.0 Å². The second-order valence-electron chi connectivity index (χ2n) is 9.63. The number of hydrogen-bond acceptors (Lipinski definition) is 4. The molecule has 36 heavy (non-hydrogen) atoms. The zero-order valence-corrected chi connectivity index (χ0v) is 21.7. The Kier molecular flexibility index (Phi) is 10.8. The number of benzene rings is 3. The third-order valence-corrected chi connectivity index (χ3v) is 6.49. The summed E-state index contributed by atoms with van der Waals surface area (Å²) < 4.78 is 11.4. The van der Waals surface area contributed by atoms with E-state index in [0.717, 1.165) is 28.9 Å². The summed E-state index contributed by atoms with van der Waals surface area (Å²) in [6, 6.07) is 27.7. The predicted octanol–water partition coefficient (Wildman–Crippen LogP) is 6.49. The van der Waals surface area contributed by atoms with Crippen LogP contribution < -0.4 is 4.74 Å². The predicted molar refractivity (Wildman–Crippen MR) is 144 cm³/mol. The highest BCUT2D eigenvalue weighted by molar-refractivity contribution is 5.67. The van der Waals surface area contributed by atoms with Crippen molar-refractivity contribution in [1.29, 1.82) is 0 Å². The van der Waals surface area contributed by atoms with Gasteiger partial charge in [-0.2, -0.15) is 0 Å². The Morgan fingerprint density at radius 2 is 1.39 bits per heavy atom. The van der Waals surface area contributed by atoms with Crippen LogP contribution in [0.15, 0.2) is 84.9 Å². The van der Waals surface area contributed by atoms with Crippen molar-refractivity contribution in [3.63, 3.8) is 0 Å².